The number of carboxylic acid groups (broad SMARTS) is 1. The molecule has 1 saturated heterocycles. The van der Waals surface area contributed by atoms with Crippen molar-refractivity contribution >= 4 is 53.3 Å². The molecule has 0 saturated carbocycles. The zero-order valence-electron chi connectivity index (χ0n) is 40.6. The average molecular weight is 939 g/mol. The van der Waals surface area contributed by atoms with Gasteiger partial charge < -0.3 is 69.9 Å². The number of carbonyl (C=O) groups is 8. The normalized spacial score (nSPS) is 18.3. The molecule has 22 nitrogen and oxygen atoms in total. The van der Waals surface area contributed by atoms with Crippen molar-refractivity contribution in [2.24, 2.45) is 51.6 Å². The highest BCUT2D eigenvalue weighted by Gasteiger charge is 2.42. The fourth-order valence-electron chi connectivity index (χ4n) is 7.44. The van der Waals surface area contributed by atoms with Crippen molar-refractivity contribution in [2.75, 3.05) is 19.6 Å². The van der Waals surface area contributed by atoms with Gasteiger partial charge in [0.15, 0.2) is 5.96 Å². The first-order valence-corrected chi connectivity index (χ1v) is 23.5. The Bertz CT molecular complexity index is 1640. The number of rotatable bonds is 30. The minimum absolute atomic E-state index is 0.0892. The van der Waals surface area contributed by atoms with Gasteiger partial charge in [-0.2, -0.15) is 0 Å². The third kappa shape index (κ3) is 19.4. The van der Waals surface area contributed by atoms with Gasteiger partial charge in [0.2, 0.25) is 41.4 Å². The lowest BCUT2D eigenvalue weighted by atomic mass is 9.95. The van der Waals surface area contributed by atoms with Gasteiger partial charge in [0.25, 0.3) is 0 Å². The number of carboxylic acids is 1. The molecule has 0 aliphatic carbocycles. The van der Waals surface area contributed by atoms with E-state index in [0.29, 0.717) is 45.1 Å². The molecule has 0 spiro atoms. The van der Waals surface area contributed by atoms with Gasteiger partial charge in [0.1, 0.15) is 42.3 Å². The van der Waals surface area contributed by atoms with E-state index in [1.807, 2.05) is 20.8 Å². The number of aliphatic carboxylic acids is 1. The van der Waals surface area contributed by atoms with Crippen LogP contribution in [0.5, 0.6) is 0 Å². The van der Waals surface area contributed by atoms with Crippen molar-refractivity contribution in [1.29, 1.82) is 0 Å². The van der Waals surface area contributed by atoms with Crippen molar-refractivity contribution < 1.29 is 48.6 Å². The highest BCUT2D eigenvalue weighted by Crippen LogP contribution is 2.21. The molecule has 0 unspecified atom stereocenters. The summed E-state index contributed by atoms with van der Waals surface area (Å²) in [6.45, 7) is 16.2. The van der Waals surface area contributed by atoms with Crippen LogP contribution in [-0.2, 0) is 38.4 Å². The van der Waals surface area contributed by atoms with Crippen molar-refractivity contribution in [1.82, 2.24) is 36.8 Å². The van der Waals surface area contributed by atoms with Gasteiger partial charge in [-0.15, -0.1) is 0 Å². The monoisotopic (exact) mass is 939 g/mol. The second-order valence-corrected chi connectivity index (χ2v) is 18.3. The van der Waals surface area contributed by atoms with E-state index in [2.05, 4.69) is 36.9 Å². The number of aliphatic imine (C=N–C) groups is 1. The molecule has 378 valence electrons. The summed E-state index contributed by atoms with van der Waals surface area (Å²) >= 11 is 0. The Balaban J connectivity index is 3.27. The van der Waals surface area contributed by atoms with Crippen LogP contribution in [0.1, 0.15) is 127 Å². The van der Waals surface area contributed by atoms with Crippen molar-refractivity contribution in [3.05, 3.63) is 0 Å². The Morgan fingerprint density at radius 1 is 0.682 bits per heavy atom. The smallest absolute Gasteiger partial charge is 0.326 e. The van der Waals surface area contributed by atoms with Crippen LogP contribution in [0, 0.1) is 23.7 Å². The second-order valence-electron chi connectivity index (χ2n) is 18.3. The minimum Gasteiger partial charge on any atom is -0.480 e. The van der Waals surface area contributed by atoms with E-state index in [0.717, 1.165) is 0 Å². The van der Waals surface area contributed by atoms with E-state index in [1.54, 1.807) is 34.6 Å². The quantitative estimate of drug-likeness (QED) is 0.0225. The maximum absolute atomic E-state index is 14.2. The average Bonchev–Trinajstić information content (AvgIpc) is 3.75. The molecule has 66 heavy (non-hydrogen) atoms. The van der Waals surface area contributed by atoms with Crippen LogP contribution in [-0.4, -0.2) is 142 Å². The van der Waals surface area contributed by atoms with Crippen LogP contribution < -0.4 is 54.8 Å². The molecule has 1 aliphatic rings. The number of unbranched alkanes of at least 4 members (excludes halogenated alkanes) is 1. The number of nitrogens with zero attached hydrogens (tertiary/aromatic N) is 2. The first-order valence-electron chi connectivity index (χ1n) is 23.5. The zero-order chi connectivity index (χ0) is 50.4. The Morgan fingerprint density at radius 2 is 1.21 bits per heavy atom. The van der Waals surface area contributed by atoms with E-state index in [-0.39, 0.29) is 50.7 Å². The van der Waals surface area contributed by atoms with Crippen LogP contribution in [0.4, 0.5) is 0 Å². The lowest BCUT2D eigenvalue weighted by Crippen LogP contribution is -2.63. The number of hydrogen-bond acceptors (Lipinski definition) is 12. The standard InChI is InChI=1S/C44H82N12O10/c1-10-25(7)33(40(62)50-29(43(65)66)17-12-13-19-45)53-37(59)30(22-23(3)4)51-38(60)31-18-15-21-56(31)42(64)35(27(9)57)55-41(63)34(26(8)11-2)54-39(61)32(24(5)6)52-36(58)28(46)16-14-20-49-44(47)48/h23-35,57H,10-22,45-46H2,1-9H3,(H,50,62)(H,51,60)(H,52,58)(H,53,59)(H,54,61)(H,55,63)(H,65,66)(H4,47,48,49)/t25-,26-,27+,28-,29-,30-,31-,32-,33-,34-,35-/m0/s1. The Hall–Kier alpha value is -5.09. The summed E-state index contributed by atoms with van der Waals surface area (Å²) < 4.78 is 0. The molecule has 7 amide bonds. The minimum atomic E-state index is -1.54. The molecule has 0 radical (unpaired) electrons. The fraction of sp³-hybridized carbons (Fsp3) is 0.795. The highest BCUT2D eigenvalue weighted by atomic mass is 16.4. The van der Waals surface area contributed by atoms with Crippen molar-refractivity contribution in [3.8, 4) is 0 Å². The summed E-state index contributed by atoms with van der Waals surface area (Å²) in [6.07, 6.45) is 2.06. The lowest BCUT2D eigenvalue weighted by Gasteiger charge is -2.33. The third-order valence-electron chi connectivity index (χ3n) is 11.9. The van der Waals surface area contributed by atoms with E-state index in [4.69, 9.17) is 22.9 Å². The number of aliphatic hydroxyl groups excluding tert-OH is 1. The molecule has 1 rings (SSSR count). The van der Waals surface area contributed by atoms with Gasteiger partial charge in [0, 0.05) is 13.1 Å². The van der Waals surface area contributed by atoms with Crippen molar-refractivity contribution in [2.45, 2.75) is 181 Å². The van der Waals surface area contributed by atoms with E-state index < -0.39 is 120 Å². The number of nitrogens with two attached hydrogens (primary N) is 4. The molecule has 11 atom stereocenters. The largest absolute Gasteiger partial charge is 0.480 e. The summed E-state index contributed by atoms with van der Waals surface area (Å²) in [4.78, 5) is 113. The summed E-state index contributed by atoms with van der Waals surface area (Å²) in [5, 5.41) is 36.7. The molecule has 22 heteroatoms. The first-order chi connectivity index (χ1) is 30.9. The maximum atomic E-state index is 14.2. The molecule has 1 aliphatic heterocycles. The molecule has 1 fully saturated rings. The number of carbonyl (C=O) groups excluding carboxylic acids is 7. The van der Waals surface area contributed by atoms with Crippen LogP contribution in [0.3, 0.4) is 0 Å². The van der Waals surface area contributed by atoms with Gasteiger partial charge in [-0.3, -0.25) is 38.6 Å². The molecule has 0 bridgehead atoms. The summed E-state index contributed by atoms with van der Waals surface area (Å²) in [6, 6.07) is -9.35. The van der Waals surface area contributed by atoms with Crippen LogP contribution in [0.2, 0.25) is 0 Å². The topological polar surface area (TPSA) is 369 Å². The third-order valence-corrected chi connectivity index (χ3v) is 11.9. The van der Waals surface area contributed by atoms with E-state index in [1.165, 1.54) is 11.8 Å². The predicted octanol–water partition coefficient (Wildman–Crippen LogP) is -1.34. The maximum Gasteiger partial charge on any atom is 0.326 e. The molecular formula is C44H82N12O10. The van der Waals surface area contributed by atoms with Crippen LogP contribution in [0.15, 0.2) is 4.99 Å². The number of aliphatic hydroxyl groups is 1. The van der Waals surface area contributed by atoms with Crippen LogP contribution in [0.25, 0.3) is 0 Å². The second kappa shape index (κ2) is 29.5. The highest BCUT2D eigenvalue weighted by molar-refractivity contribution is 5.98. The van der Waals surface area contributed by atoms with E-state index in [9.17, 15) is 48.6 Å². The van der Waals surface area contributed by atoms with Gasteiger partial charge in [0.05, 0.1) is 12.1 Å². The zero-order valence-corrected chi connectivity index (χ0v) is 40.6. The van der Waals surface area contributed by atoms with E-state index >= 15 is 0 Å². The number of nitrogens with one attached hydrogen (secondary N) is 6. The molecule has 0 aromatic heterocycles. The molecule has 0 aromatic rings. The Morgan fingerprint density at radius 3 is 1.71 bits per heavy atom. The summed E-state index contributed by atoms with van der Waals surface area (Å²) in [7, 11) is 0. The first kappa shape index (κ1) is 58.9. The van der Waals surface area contributed by atoms with Gasteiger partial charge in [-0.05, 0) is 88.5 Å². The summed E-state index contributed by atoms with van der Waals surface area (Å²) in [5.41, 5.74) is 22.3. The molecule has 16 N–H and O–H groups in total. The van der Waals surface area contributed by atoms with Gasteiger partial charge in [-0.1, -0.05) is 68.2 Å². The Kier molecular flexibility index (Phi) is 26.4. The predicted molar refractivity (Wildman–Crippen MR) is 250 cm³/mol. The number of amides is 7. The number of guanidine groups is 1. The SMILES string of the molecule is CC[C@H](C)[C@H](NC(=O)[C@H](CC(C)C)NC(=O)[C@@H]1CCCN1C(=O)[C@@H](NC(=O)[C@@H](NC(=O)[C@@H](NC(=O)[C@@H](N)CCCN=C(N)N)C(C)C)[C@@H](C)CC)[C@@H](C)O)C(=O)N[C@@H](CCCCN)C(=O)O. The molecular weight excluding hydrogens is 857 g/mol. The van der Waals surface area contributed by atoms with Gasteiger partial charge in [-0.25, -0.2) is 4.79 Å². The van der Waals surface area contributed by atoms with Crippen LogP contribution >= 0.6 is 0 Å². The van der Waals surface area contributed by atoms with Crippen molar-refractivity contribution in [3.63, 3.8) is 0 Å². The number of hydrogen-bond donors (Lipinski definition) is 12. The molecule has 1 heterocycles. The Labute approximate surface area is 390 Å². The fourth-order valence-corrected chi connectivity index (χ4v) is 7.44. The summed E-state index contributed by atoms with van der Waals surface area (Å²) in [5.74, 6) is -7.52. The molecule has 0 aromatic carbocycles. The lowest BCUT2D eigenvalue weighted by molar-refractivity contribution is -0.145. The number of likely N-dealkylation sites (tertiary alicyclic amines) is 1. The van der Waals surface area contributed by atoms with Gasteiger partial charge >= 0.3 is 5.97 Å².